The molecule has 158 valence electrons. The lowest BCUT2D eigenvalue weighted by Gasteiger charge is -2.05. The predicted molar refractivity (Wildman–Crippen MR) is 117 cm³/mol. The van der Waals surface area contributed by atoms with Crippen molar-refractivity contribution in [3.05, 3.63) is 12.7 Å². The van der Waals surface area contributed by atoms with Crippen molar-refractivity contribution in [2.75, 3.05) is 6.54 Å². The van der Waals surface area contributed by atoms with Gasteiger partial charge >= 0.3 is 0 Å². The van der Waals surface area contributed by atoms with E-state index in [1.165, 1.54) is 77.0 Å². The van der Waals surface area contributed by atoms with Crippen LogP contribution in [-0.4, -0.2) is 18.7 Å². The number of carbonyl (C=O) groups excluding carboxylic acids is 2. The lowest BCUT2D eigenvalue weighted by atomic mass is 10.0. The molecule has 0 aromatic heterocycles. The first-order chi connectivity index (χ1) is 13.3. The van der Waals surface area contributed by atoms with Crippen LogP contribution in [0.15, 0.2) is 12.7 Å². The van der Waals surface area contributed by atoms with Crippen LogP contribution < -0.4 is 5.32 Å². The Bertz CT molecular complexity index is 341. The second kappa shape index (κ2) is 22.9. The molecule has 0 aliphatic rings. The molecule has 1 amide bonds. The SMILES string of the molecule is C=CCCCCNC(=O)CCCCCCCCCCCCCCCCC=O. The summed E-state index contributed by atoms with van der Waals surface area (Å²) in [7, 11) is 0. The smallest absolute Gasteiger partial charge is 0.219 e. The van der Waals surface area contributed by atoms with Crippen molar-refractivity contribution in [3.63, 3.8) is 0 Å². The summed E-state index contributed by atoms with van der Waals surface area (Å²) >= 11 is 0. The molecule has 0 radical (unpaired) electrons. The van der Waals surface area contributed by atoms with Crippen LogP contribution in [0.3, 0.4) is 0 Å². The van der Waals surface area contributed by atoms with Gasteiger partial charge in [-0.05, 0) is 32.1 Å². The van der Waals surface area contributed by atoms with Crippen LogP contribution in [0.4, 0.5) is 0 Å². The van der Waals surface area contributed by atoms with Crippen LogP contribution in [0.1, 0.15) is 122 Å². The van der Waals surface area contributed by atoms with Gasteiger partial charge in [-0.15, -0.1) is 6.58 Å². The fourth-order valence-corrected chi connectivity index (χ4v) is 3.36. The third kappa shape index (κ3) is 22.8. The maximum absolute atomic E-state index is 11.7. The van der Waals surface area contributed by atoms with Crippen molar-refractivity contribution >= 4 is 12.2 Å². The quantitative estimate of drug-likeness (QED) is 0.126. The van der Waals surface area contributed by atoms with Gasteiger partial charge in [-0.1, -0.05) is 83.1 Å². The van der Waals surface area contributed by atoms with E-state index in [1.54, 1.807) is 0 Å². The number of rotatable bonds is 22. The molecule has 0 aliphatic heterocycles. The van der Waals surface area contributed by atoms with Crippen molar-refractivity contribution in [1.29, 1.82) is 0 Å². The summed E-state index contributed by atoms with van der Waals surface area (Å²) in [6, 6.07) is 0. The van der Waals surface area contributed by atoms with Crippen LogP contribution in [0.5, 0.6) is 0 Å². The zero-order chi connectivity index (χ0) is 19.8. The average Bonchev–Trinajstić information content (AvgIpc) is 2.67. The van der Waals surface area contributed by atoms with Crippen LogP contribution in [0, 0.1) is 0 Å². The molecule has 0 unspecified atom stereocenters. The van der Waals surface area contributed by atoms with Crippen LogP contribution in [0.25, 0.3) is 0 Å². The monoisotopic (exact) mass is 379 g/mol. The topological polar surface area (TPSA) is 46.2 Å². The summed E-state index contributed by atoms with van der Waals surface area (Å²) in [5.41, 5.74) is 0. The molecule has 27 heavy (non-hydrogen) atoms. The standard InChI is InChI=1S/C24H45NO2/c1-2-3-4-19-22-25-24(27)21-18-16-14-12-10-8-6-5-7-9-11-13-15-17-20-23-26/h2,23H,1,3-22H2,(H,25,27). The summed E-state index contributed by atoms with van der Waals surface area (Å²) in [5, 5.41) is 3.01. The Morgan fingerprint density at radius 3 is 1.56 bits per heavy atom. The molecule has 0 saturated carbocycles. The van der Waals surface area contributed by atoms with Crippen molar-refractivity contribution in [2.24, 2.45) is 0 Å². The molecule has 0 aromatic rings. The van der Waals surface area contributed by atoms with Crippen LogP contribution in [0.2, 0.25) is 0 Å². The minimum Gasteiger partial charge on any atom is -0.356 e. The van der Waals surface area contributed by atoms with Crippen molar-refractivity contribution in [2.45, 2.75) is 122 Å². The van der Waals surface area contributed by atoms with E-state index in [0.717, 1.165) is 51.4 Å². The van der Waals surface area contributed by atoms with E-state index in [0.29, 0.717) is 6.42 Å². The zero-order valence-corrected chi connectivity index (χ0v) is 17.8. The summed E-state index contributed by atoms with van der Waals surface area (Å²) in [4.78, 5) is 21.9. The maximum atomic E-state index is 11.7. The summed E-state index contributed by atoms with van der Waals surface area (Å²) < 4.78 is 0. The van der Waals surface area contributed by atoms with E-state index in [1.807, 2.05) is 6.08 Å². The molecular weight excluding hydrogens is 334 g/mol. The van der Waals surface area contributed by atoms with Crippen molar-refractivity contribution in [3.8, 4) is 0 Å². The lowest BCUT2D eigenvalue weighted by Crippen LogP contribution is -2.23. The van der Waals surface area contributed by atoms with Gasteiger partial charge in [0.1, 0.15) is 6.29 Å². The summed E-state index contributed by atoms with van der Waals surface area (Å²) in [5.74, 6) is 0.220. The Labute approximate surface area is 168 Å². The predicted octanol–water partition coefficient (Wildman–Crippen LogP) is 6.90. The number of allylic oxidation sites excluding steroid dienone is 1. The van der Waals surface area contributed by atoms with Gasteiger partial charge in [-0.3, -0.25) is 4.79 Å². The Morgan fingerprint density at radius 2 is 1.07 bits per heavy atom. The first-order valence-electron chi connectivity index (χ1n) is 11.6. The van der Waals surface area contributed by atoms with Crippen molar-refractivity contribution < 1.29 is 9.59 Å². The number of unbranched alkanes of at least 4 members (excludes halogenated alkanes) is 16. The van der Waals surface area contributed by atoms with E-state index in [9.17, 15) is 9.59 Å². The van der Waals surface area contributed by atoms with Gasteiger partial charge in [0, 0.05) is 19.4 Å². The molecule has 0 aromatic carbocycles. The fraction of sp³-hybridized carbons (Fsp3) is 0.833. The second-order valence-corrected chi connectivity index (χ2v) is 7.79. The number of carbonyl (C=O) groups is 2. The van der Waals surface area contributed by atoms with Crippen LogP contribution >= 0.6 is 0 Å². The molecule has 3 heteroatoms. The normalized spacial score (nSPS) is 10.7. The van der Waals surface area contributed by atoms with E-state index in [-0.39, 0.29) is 5.91 Å². The summed E-state index contributed by atoms with van der Waals surface area (Å²) in [6.07, 6.45) is 25.5. The minimum absolute atomic E-state index is 0.220. The summed E-state index contributed by atoms with van der Waals surface area (Å²) in [6.45, 7) is 4.52. The minimum atomic E-state index is 0.220. The number of nitrogens with one attached hydrogen (secondary N) is 1. The molecule has 0 heterocycles. The van der Waals surface area contributed by atoms with Gasteiger partial charge in [-0.25, -0.2) is 0 Å². The Hall–Kier alpha value is -1.12. The highest BCUT2D eigenvalue weighted by Gasteiger charge is 2.00. The number of aldehydes is 1. The molecule has 0 aliphatic carbocycles. The Morgan fingerprint density at radius 1 is 0.630 bits per heavy atom. The molecule has 0 rings (SSSR count). The van der Waals surface area contributed by atoms with Gasteiger partial charge in [-0.2, -0.15) is 0 Å². The molecule has 3 nitrogen and oxygen atoms in total. The van der Waals surface area contributed by atoms with E-state index in [4.69, 9.17) is 0 Å². The van der Waals surface area contributed by atoms with Gasteiger partial charge in [0.2, 0.25) is 5.91 Å². The Balaban J connectivity index is 3.11. The van der Waals surface area contributed by atoms with Crippen molar-refractivity contribution in [1.82, 2.24) is 5.32 Å². The average molecular weight is 380 g/mol. The molecule has 1 N–H and O–H groups in total. The Kier molecular flexibility index (Phi) is 22.0. The third-order valence-electron chi connectivity index (χ3n) is 5.13. The molecule has 0 spiro atoms. The van der Waals surface area contributed by atoms with Gasteiger partial charge in [0.25, 0.3) is 0 Å². The molecule has 0 bridgehead atoms. The van der Waals surface area contributed by atoms with E-state index < -0.39 is 0 Å². The van der Waals surface area contributed by atoms with Gasteiger partial charge in [0.15, 0.2) is 0 Å². The molecule has 0 atom stereocenters. The number of amides is 1. The first-order valence-corrected chi connectivity index (χ1v) is 11.6. The molecule has 0 saturated heterocycles. The van der Waals surface area contributed by atoms with E-state index in [2.05, 4.69) is 11.9 Å². The largest absolute Gasteiger partial charge is 0.356 e. The van der Waals surface area contributed by atoms with E-state index >= 15 is 0 Å². The number of hydrogen-bond donors (Lipinski definition) is 1. The first kappa shape index (κ1) is 25.9. The highest BCUT2D eigenvalue weighted by atomic mass is 16.1. The molecule has 0 fully saturated rings. The third-order valence-corrected chi connectivity index (χ3v) is 5.13. The molecular formula is C24H45NO2. The second-order valence-electron chi connectivity index (χ2n) is 7.79. The maximum Gasteiger partial charge on any atom is 0.219 e. The fourth-order valence-electron chi connectivity index (χ4n) is 3.36. The number of hydrogen-bond acceptors (Lipinski definition) is 2. The zero-order valence-electron chi connectivity index (χ0n) is 17.8. The van der Waals surface area contributed by atoms with Crippen LogP contribution in [-0.2, 0) is 9.59 Å². The van der Waals surface area contributed by atoms with Gasteiger partial charge < -0.3 is 10.1 Å². The lowest BCUT2D eigenvalue weighted by molar-refractivity contribution is -0.121. The van der Waals surface area contributed by atoms with Gasteiger partial charge in [0.05, 0.1) is 0 Å². The highest BCUT2D eigenvalue weighted by molar-refractivity contribution is 5.75. The highest BCUT2D eigenvalue weighted by Crippen LogP contribution is 2.13.